The van der Waals surface area contributed by atoms with Gasteiger partial charge in [-0.2, -0.15) is 10.1 Å². The summed E-state index contributed by atoms with van der Waals surface area (Å²) in [6.45, 7) is 4.85. The van der Waals surface area contributed by atoms with Crippen molar-refractivity contribution in [3.8, 4) is 0 Å². The van der Waals surface area contributed by atoms with Gasteiger partial charge in [-0.3, -0.25) is 14.3 Å². The van der Waals surface area contributed by atoms with E-state index in [-0.39, 0.29) is 29.3 Å². The number of piperidine rings is 1. The van der Waals surface area contributed by atoms with Crippen molar-refractivity contribution in [2.75, 3.05) is 23.7 Å². The molecular weight excluding hydrogens is 444 g/mol. The largest absolute Gasteiger partial charge is 0.365 e. The van der Waals surface area contributed by atoms with Gasteiger partial charge in [0.1, 0.15) is 11.4 Å². The molecule has 0 saturated carbocycles. The maximum atomic E-state index is 12.0. The predicted molar refractivity (Wildman–Crippen MR) is 126 cm³/mol. The van der Waals surface area contributed by atoms with E-state index in [4.69, 9.17) is 17.3 Å². The molecular formula is C22H23ClN8O2. The van der Waals surface area contributed by atoms with Gasteiger partial charge in [0.25, 0.3) is 5.91 Å². The summed E-state index contributed by atoms with van der Waals surface area (Å²) in [6.07, 6.45) is 7.99. The fraction of sp³-hybridized carbons (Fsp3) is 0.227. The van der Waals surface area contributed by atoms with E-state index in [9.17, 15) is 9.59 Å². The summed E-state index contributed by atoms with van der Waals surface area (Å²) in [7, 11) is 0. The molecule has 0 unspecified atom stereocenters. The first-order valence-corrected chi connectivity index (χ1v) is 10.7. The van der Waals surface area contributed by atoms with Crippen LogP contribution in [0.2, 0.25) is 5.02 Å². The van der Waals surface area contributed by atoms with Crippen LogP contribution in [0.25, 0.3) is 0 Å². The van der Waals surface area contributed by atoms with Gasteiger partial charge in [0.2, 0.25) is 11.9 Å². The van der Waals surface area contributed by atoms with Gasteiger partial charge in [-0.25, -0.2) is 4.98 Å². The molecule has 3 aromatic rings. The minimum Gasteiger partial charge on any atom is -0.365 e. The summed E-state index contributed by atoms with van der Waals surface area (Å²) in [6, 6.07) is 7.08. The lowest BCUT2D eigenvalue weighted by atomic mass is 10.1. The summed E-state index contributed by atoms with van der Waals surface area (Å²) in [5, 5.41) is 11.1. The maximum Gasteiger partial charge on any atom is 0.254 e. The molecule has 2 aromatic heterocycles. The predicted octanol–water partition coefficient (Wildman–Crippen LogP) is 3.26. The lowest BCUT2D eigenvalue weighted by molar-refractivity contribution is -0.127. The third-order valence-electron chi connectivity index (χ3n) is 5.26. The molecule has 1 fully saturated rings. The number of carbonyl (C=O) groups excluding carboxylic acids is 2. The molecule has 0 spiro atoms. The first kappa shape index (κ1) is 22.3. The number of nitrogens with one attached hydrogen (secondary N) is 2. The molecule has 0 radical (unpaired) electrons. The van der Waals surface area contributed by atoms with Gasteiger partial charge in [-0.1, -0.05) is 24.2 Å². The summed E-state index contributed by atoms with van der Waals surface area (Å²) in [4.78, 5) is 34.2. The van der Waals surface area contributed by atoms with Crippen LogP contribution in [0.1, 0.15) is 29.2 Å². The van der Waals surface area contributed by atoms with Crippen molar-refractivity contribution in [1.82, 2.24) is 24.6 Å². The first-order valence-electron chi connectivity index (χ1n) is 10.3. The molecule has 170 valence electrons. The fourth-order valence-electron chi connectivity index (χ4n) is 3.65. The average molecular weight is 467 g/mol. The van der Waals surface area contributed by atoms with Crippen LogP contribution < -0.4 is 16.4 Å². The molecule has 2 amide bonds. The minimum atomic E-state index is -0.658. The van der Waals surface area contributed by atoms with E-state index in [0.29, 0.717) is 22.9 Å². The number of nitrogens with zero attached hydrogens (tertiary/aromatic N) is 5. The monoisotopic (exact) mass is 466 g/mol. The lowest BCUT2D eigenvalue weighted by Crippen LogP contribution is -2.39. The van der Waals surface area contributed by atoms with Gasteiger partial charge in [0.15, 0.2) is 0 Å². The third-order valence-corrected chi connectivity index (χ3v) is 5.49. The van der Waals surface area contributed by atoms with Gasteiger partial charge >= 0.3 is 0 Å². The van der Waals surface area contributed by atoms with Gasteiger partial charge in [0, 0.05) is 36.2 Å². The zero-order valence-corrected chi connectivity index (χ0v) is 18.5. The topological polar surface area (TPSA) is 131 Å². The van der Waals surface area contributed by atoms with Gasteiger partial charge in [-0.05, 0) is 37.1 Å². The number of carbonyl (C=O) groups is 2. The highest BCUT2D eigenvalue weighted by Gasteiger charge is 2.24. The quantitative estimate of drug-likeness (QED) is 0.455. The average Bonchev–Trinajstić information content (AvgIpc) is 3.27. The van der Waals surface area contributed by atoms with Gasteiger partial charge < -0.3 is 21.3 Å². The summed E-state index contributed by atoms with van der Waals surface area (Å²) >= 11 is 6.04. The fourth-order valence-corrected chi connectivity index (χ4v) is 3.84. The van der Waals surface area contributed by atoms with Gasteiger partial charge in [0.05, 0.1) is 17.9 Å². The number of primary amides is 1. The van der Waals surface area contributed by atoms with Crippen molar-refractivity contribution in [1.29, 1.82) is 0 Å². The highest BCUT2D eigenvalue weighted by Crippen LogP contribution is 2.25. The molecule has 33 heavy (non-hydrogen) atoms. The van der Waals surface area contributed by atoms with Gasteiger partial charge in [-0.15, -0.1) is 0 Å². The smallest absolute Gasteiger partial charge is 0.254 e. The van der Waals surface area contributed by atoms with Crippen LogP contribution in [0.15, 0.2) is 55.5 Å². The second-order valence-corrected chi connectivity index (χ2v) is 8.01. The van der Waals surface area contributed by atoms with Crippen molar-refractivity contribution >= 4 is 46.6 Å². The number of nitrogens with two attached hydrogens (primary N) is 1. The Morgan fingerprint density at radius 1 is 1.24 bits per heavy atom. The molecule has 1 saturated heterocycles. The van der Waals surface area contributed by atoms with E-state index < -0.39 is 5.91 Å². The molecule has 0 bridgehead atoms. The van der Waals surface area contributed by atoms with Crippen LogP contribution in [0, 0.1) is 0 Å². The Bertz CT molecular complexity index is 1190. The Morgan fingerprint density at radius 3 is 2.85 bits per heavy atom. The van der Waals surface area contributed by atoms with Crippen LogP contribution >= 0.6 is 11.6 Å². The molecule has 3 heterocycles. The second-order valence-electron chi connectivity index (χ2n) is 7.57. The van der Waals surface area contributed by atoms with Crippen LogP contribution in [0.4, 0.5) is 23.1 Å². The summed E-state index contributed by atoms with van der Waals surface area (Å²) < 4.78 is 1.83. The van der Waals surface area contributed by atoms with Crippen molar-refractivity contribution < 1.29 is 9.59 Å². The van der Waals surface area contributed by atoms with Crippen LogP contribution in [0.5, 0.6) is 0 Å². The minimum absolute atomic E-state index is 0.0661. The number of rotatable bonds is 7. The Labute approximate surface area is 195 Å². The summed E-state index contributed by atoms with van der Waals surface area (Å²) in [5.41, 5.74) is 6.94. The van der Waals surface area contributed by atoms with Crippen molar-refractivity contribution in [3.63, 3.8) is 0 Å². The standard InChI is InChI=1S/C22H23ClN8O2/c1-2-19(32)30-8-4-7-17(13-30)31-12-16(10-26-31)28-22-25-11-18(20(24)33)21(29-22)27-15-6-3-5-14(23)9-15/h2-3,5-6,9-12,17H,1,4,7-8,13H2,(H2,24,33)(H2,25,27,28,29)/t17-/m1/s1. The van der Waals surface area contributed by atoms with Crippen molar-refractivity contribution in [3.05, 3.63) is 66.1 Å². The molecule has 1 aromatic carbocycles. The molecule has 1 aliphatic rings. The van der Waals surface area contributed by atoms with E-state index in [0.717, 1.165) is 19.4 Å². The van der Waals surface area contributed by atoms with E-state index in [1.54, 1.807) is 35.4 Å². The van der Waals surface area contributed by atoms with Crippen molar-refractivity contribution in [2.24, 2.45) is 5.73 Å². The number of aromatic nitrogens is 4. The highest BCUT2D eigenvalue weighted by atomic mass is 35.5. The molecule has 4 N–H and O–H groups in total. The van der Waals surface area contributed by atoms with Crippen LogP contribution in [-0.4, -0.2) is 49.6 Å². The summed E-state index contributed by atoms with van der Waals surface area (Å²) in [5.74, 6) is -0.223. The number of likely N-dealkylation sites (tertiary alicyclic amines) is 1. The van der Waals surface area contributed by atoms with Crippen LogP contribution in [-0.2, 0) is 4.79 Å². The SMILES string of the molecule is C=CC(=O)N1CCC[C@@H](n2cc(Nc3ncc(C(N)=O)c(Nc4cccc(Cl)c4)n3)cn2)C1. The number of halogens is 1. The molecule has 1 aliphatic heterocycles. The zero-order chi connectivity index (χ0) is 23.4. The Morgan fingerprint density at radius 2 is 2.09 bits per heavy atom. The highest BCUT2D eigenvalue weighted by molar-refractivity contribution is 6.30. The van der Waals surface area contributed by atoms with Crippen molar-refractivity contribution in [2.45, 2.75) is 18.9 Å². The molecule has 4 rings (SSSR count). The van der Waals surface area contributed by atoms with Crippen LogP contribution in [0.3, 0.4) is 0 Å². The number of benzene rings is 1. The number of amides is 2. The van der Waals surface area contributed by atoms with E-state index in [1.165, 1.54) is 12.3 Å². The Balaban J connectivity index is 1.51. The Hall–Kier alpha value is -3.92. The van der Waals surface area contributed by atoms with E-state index in [2.05, 4.69) is 32.3 Å². The normalized spacial score (nSPS) is 15.7. The maximum absolute atomic E-state index is 12.0. The zero-order valence-electron chi connectivity index (χ0n) is 17.7. The second kappa shape index (κ2) is 9.70. The van der Waals surface area contributed by atoms with E-state index in [1.807, 2.05) is 10.9 Å². The number of hydrogen-bond acceptors (Lipinski definition) is 7. The van der Waals surface area contributed by atoms with E-state index >= 15 is 0 Å². The molecule has 11 heteroatoms. The Kier molecular flexibility index (Phi) is 6.55. The molecule has 0 aliphatic carbocycles. The number of anilines is 4. The molecule has 1 atom stereocenters. The molecule has 10 nitrogen and oxygen atoms in total. The number of hydrogen-bond donors (Lipinski definition) is 3. The third kappa shape index (κ3) is 5.29. The lowest BCUT2D eigenvalue weighted by Gasteiger charge is -2.32. The first-order chi connectivity index (χ1) is 15.9.